The summed E-state index contributed by atoms with van der Waals surface area (Å²) >= 11 is 0. The Labute approximate surface area is 99.4 Å². The number of fused-ring (bicyclic) bond motifs is 3. The van der Waals surface area contributed by atoms with Crippen LogP contribution in [0.3, 0.4) is 0 Å². The van der Waals surface area contributed by atoms with Gasteiger partial charge in [0, 0.05) is 0 Å². The fourth-order valence-corrected chi connectivity index (χ4v) is 2.80. The molecule has 0 spiro atoms. The molecule has 3 fully saturated rings. The van der Waals surface area contributed by atoms with E-state index >= 15 is 0 Å². The number of hydrogen-bond acceptors (Lipinski definition) is 1. The highest BCUT2D eigenvalue weighted by molar-refractivity contribution is 5.86. The van der Waals surface area contributed by atoms with Gasteiger partial charge >= 0.3 is 0 Å². The van der Waals surface area contributed by atoms with Crippen LogP contribution in [-0.4, -0.2) is 6.54 Å². The van der Waals surface area contributed by atoms with Gasteiger partial charge < -0.3 is 5.73 Å². The predicted octanol–water partition coefficient (Wildman–Crippen LogP) is 3.04. The zero-order valence-electron chi connectivity index (χ0n) is 7.78. The van der Waals surface area contributed by atoms with E-state index in [0.717, 1.165) is 24.3 Å². The Hall–Kier alpha value is 0.830. The van der Waals surface area contributed by atoms with E-state index in [9.17, 15) is 0 Å². The number of nitrogens with two attached hydrogens (primary N) is 1. The smallest absolute Gasteiger partial charge is 0.00461 e. The van der Waals surface area contributed by atoms with Crippen LogP contribution in [0.2, 0.25) is 0 Å². The first-order valence-corrected chi connectivity index (χ1v) is 4.60. The molecule has 0 aromatic rings. The Bertz CT molecular complexity index is 124. The van der Waals surface area contributed by atoms with Gasteiger partial charge in [0.1, 0.15) is 0 Å². The van der Waals surface area contributed by atoms with Gasteiger partial charge in [-0.15, -0.1) is 37.2 Å². The predicted molar refractivity (Wildman–Crippen MR) is 64.4 cm³/mol. The quantitative estimate of drug-likeness (QED) is 0.758. The van der Waals surface area contributed by atoms with Crippen LogP contribution >= 0.6 is 37.2 Å². The summed E-state index contributed by atoms with van der Waals surface area (Å²) in [7, 11) is 0. The van der Waals surface area contributed by atoms with Crippen LogP contribution in [0.25, 0.3) is 0 Å². The summed E-state index contributed by atoms with van der Waals surface area (Å²) in [5, 5.41) is 0. The van der Waals surface area contributed by atoms with E-state index in [1.54, 1.807) is 0 Å². The minimum atomic E-state index is 0. The Morgan fingerprint density at radius 2 is 1.46 bits per heavy atom. The van der Waals surface area contributed by atoms with Crippen molar-refractivity contribution >= 4 is 37.2 Å². The molecular weight excluding hydrogens is 228 g/mol. The molecular formula is C9H20Cl3N. The van der Waals surface area contributed by atoms with Crippen LogP contribution in [0.15, 0.2) is 0 Å². The van der Waals surface area contributed by atoms with Crippen molar-refractivity contribution in [2.45, 2.75) is 32.1 Å². The van der Waals surface area contributed by atoms with Crippen molar-refractivity contribution in [3.05, 3.63) is 0 Å². The minimum absolute atomic E-state index is 0. The summed E-state index contributed by atoms with van der Waals surface area (Å²) in [4.78, 5) is 0. The molecule has 0 aliphatic heterocycles. The maximum Gasteiger partial charge on any atom is -0.00461 e. The molecule has 2 N–H and O–H groups in total. The van der Waals surface area contributed by atoms with E-state index in [-0.39, 0.29) is 37.2 Å². The van der Waals surface area contributed by atoms with Crippen molar-refractivity contribution in [3.8, 4) is 0 Å². The molecule has 0 aromatic carbocycles. The summed E-state index contributed by atoms with van der Waals surface area (Å²) in [6, 6.07) is 0. The van der Waals surface area contributed by atoms with Crippen molar-refractivity contribution in [2.75, 3.05) is 6.54 Å². The lowest BCUT2D eigenvalue weighted by atomic mass is 9.65. The van der Waals surface area contributed by atoms with Crippen molar-refractivity contribution in [1.29, 1.82) is 0 Å². The highest BCUT2D eigenvalue weighted by atomic mass is 35.5. The summed E-state index contributed by atoms with van der Waals surface area (Å²) in [6.45, 7) is 0.946. The fourth-order valence-electron chi connectivity index (χ4n) is 2.80. The largest absolute Gasteiger partial charge is 0.330 e. The average Bonchev–Trinajstić information content (AvgIpc) is 2.06. The third kappa shape index (κ3) is 3.47. The molecule has 13 heavy (non-hydrogen) atoms. The van der Waals surface area contributed by atoms with Gasteiger partial charge in [-0.3, -0.25) is 0 Å². The molecule has 1 unspecified atom stereocenters. The average molecular weight is 249 g/mol. The highest BCUT2D eigenvalue weighted by Crippen LogP contribution is 2.44. The van der Waals surface area contributed by atoms with Crippen molar-refractivity contribution in [3.63, 3.8) is 0 Å². The van der Waals surface area contributed by atoms with Gasteiger partial charge in [-0.25, -0.2) is 0 Å². The number of rotatable bonds is 1. The lowest BCUT2D eigenvalue weighted by molar-refractivity contribution is 0.104. The highest BCUT2D eigenvalue weighted by Gasteiger charge is 2.34. The zero-order chi connectivity index (χ0) is 6.97. The molecule has 1 atom stereocenters. The molecule has 1 nitrogen and oxygen atoms in total. The molecule has 82 valence electrons. The first kappa shape index (κ1) is 16.3. The van der Waals surface area contributed by atoms with Gasteiger partial charge in [0.2, 0.25) is 0 Å². The molecule has 3 saturated carbocycles. The molecule has 3 rings (SSSR count). The lowest BCUT2D eigenvalue weighted by Crippen LogP contribution is -2.35. The Kier molecular flexibility index (Phi) is 8.97. The maximum atomic E-state index is 5.69. The summed E-state index contributed by atoms with van der Waals surface area (Å²) < 4.78 is 0. The summed E-state index contributed by atoms with van der Waals surface area (Å²) in [5.74, 6) is 2.96. The molecule has 0 aromatic heterocycles. The number of hydrogen-bond donors (Lipinski definition) is 1. The van der Waals surface area contributed by atoms with Gasteiger partial charge in [-0.1, -0.05) is 12.8 Å². The molecule has 0 saturated heterocycles. The standard InChI is InChI=1S/C9H17N.3ClH/c10-6-9-5-7-1-3-8(9)4-2-7;;;/h7-9H,1-6,10H2;3*1H. The van der Waals surface area contributed by atoms with Gasteiger partial charge in [-0.05, 0) is 43.6 Å². The Morgan fingerprint density at radius 3 is 1.69 bits per heavy atom. The summed E-state index contributed by atoms with van der Waals surface area (Å²) in [6.07, 6.45) is 7.41. The molecule has 0 heterocycles. The van der Waals surface area contributed by atoms with Crippen LogP contribution in [0, 0.1) is 17.8 Å². The van der Waals surface area contributed by atoms with E-state index in [1.807, 2.05) is 0 Å². The first-order valence-electron chi connectivity index (χ1n) is 4.60. The van der Waals surface area contributed by atoms with Crippen LogP contribution in [-0.2, 0) is 0 Å². The lowest BCUT2D eigenvalue weighted by Gasteiger charge is -2.41. The van der Waals surface area contributed by atoms with E-state index in [0.29, 0.717) is 0 Å². The molecule has 0 amide bonds. The molecule has 4 heteroatoms. The van der Waals surface area contributed by atoms with Crippen LogP contribution in [0.1, 0.15) is 32.1 Å². The first-order chi connectivity index (χ1) is 4.90. The fraction of sp³-hybridized carbons (Fsp3) is 1.00. The van der Waals surface area contributed by atoms with Crippen LogP contribution in [0.5, 0.6) is 0 Å². The van der Waals surface area contributed by atoms with Crippen LogP contribution < -0.4 is 5.73 Å². The van der Waals surface area contributed by atoms with Crippen molar-refractivity contribution in [2.24, 2.45) is 23.5 Å². The zero-order valence-corrected chi connectivity index (χ0v) is 10.2. The summed E-state index contributed by atoms with van der Waals surface area (Å²) in [5.41, 5.74) is 5.69. The molecule has 3 aliphatic carbocycles. The minimum Gasteiger partial charge on any atom is -0.330 e. The monoisotopic (exact) mass is 247 g/mol. The molecule has 0 radical (unpaired) electrons. The SMILES string of the molecule is Cl.Cl.Cl.NCC1CC2CCC1CC2. The van der Waals surface area contributed by atoms with E-state index in [4.69, 9.17) is 5.73 Å². The number of halogens is 3. The van der Waals surface area contributed by atoms with Gasteiger partial charge in [0.25, 0.3) is 0 Å². The van der Waals surface area contributed by atoms with Gasteiger partial charge in [0.15, 0.2) is 0 Å². The van der Waals surface area contributed by atoms with E-state index < -0.39 is 0 Å². The van der Waals surface area contributed by atoms with Crippen LogP contribution in [0.4, 0.5) is 0 Å². The van der Waals surface area contributed by atoms with Crippen molar-refractivity contribution < 1.29 is 0 Å². The topological polar surface area (TPSA) is 26.0 Å². The second-order valence-corrected chi connectivity index (χ2v) is 4.01. The second kappa shape index (κ2) is 7.17. The van der Waals surface area contributed by atoms with Crippen molar-refractivity contribution in [1.82, 2.24) is 0 Å². The van der Waals surface area contributed by atoms with E-state index in [1.165, 1.54) is 32.1 Å². The molecule has 3 aliphatic rings. The third-order valence-electron chi connectivity index (χ3n) is 3.50. The Balaban J connectivity index is 0. The Morgan fingerprint density at radius 1 is 0.923 bits per heavy atom. The maximum absolute atomic E-state index is 5.69. The van der Waals surface area contributed by atoms with Gasteiger partial charge in [-0.2, -0.15) is 0 Å². The second-order valence-electron chi connectivity index (χ2n) is 4.01. The van der Waals surface area contributed by atoms with Gasteiger partial charge in [0.05, 0.1) is 0 Å². The molecule has 2 bridgehead atoms. The third-order valence-corrected chi connectivity index (χ3v) is 3.50. The normalized spacial score (nSPS) is 35.3. The van der Waals surface area contributed by atoms with E-state index in [2.05, 4.69) is 0 Å².